The molecule has 0 radical (unpaired) electrons. The van der Waals surface area contributed by atoms with Gasteiger partial charge in [0.2, 0.25) is 10.0 Å². The summed E-state index contributed by atoms with van der Waals surface area (Å²) in [7, 11) is -4.02. The quantitative estimate of drug-likeness (QED) is 0.494. The molecule has 0 aliphatic heterocycles. The fourth-order valence-electron chi connectivity index (χ4n) is 1.09. The van der Waals surface area contributed by atoms with E-state index in [0.29, 0.717) is 5.57 Å². The van der Waals surface area contributed by atoms with Crippen LogP contribution in [0.5, 0.6) is 0 Å². The van der Waals surface area contributed by atoms with Crippen molar-refractivity contribution in [1.82, 2.24) is 4.72 Å². The minimum absolute atomic E-state index is 0.00929. The van der Waals surface area contributed by atoms with Crippen LogP contribution in [-0.4, -0.2) is 15.0 Å². The lowest BCUT2D eigenvalue weighted by Crippen LogP contribution is -2.26. The minimum Gasteiger partial charge on any atom is -0.395 e. The van der Waals surface area contributed by atoms with E-state index in [4.69, 9.17) is 17.3 Å². The topological polar surface area (TPSA) is 72.2 Å². The fourth-order valence-corrected chi connectivity index (χ4v) is 2.87. The number of halogens is 3. The van der Waals surface area contributed by atoms with Gasteiger partial charge in [-0.05, 0) is 28.9 Å². The molecule has 1 aromatic rings. The molecule has 3 N–H and O–H groups in total. The second-order valence-electron chi connectivity index (χ2n) is 3.68. The monoisotopic (exact) mass is 356 g/mol. The molecule has 0 unspecified atom stereocenters. The summed E-state index contributed by atoms with van der Waals surface area (Å²) in [5.74, 6) is -1.04. The van der Waals surface area contributed by atoms with Gasteiger partial charge in [-0.2, -0.15) is 0 Å². The highest BCUT2D eigenvalue weighted by Gasteiger charge is 2.23. The molecule has 0 aliphatic carbocycles. The van der Waals surface area contributed by atoms with Gasteiger partial charge in [-0.15, -0.1) is 0 Å². The molecule has 0 bridgehead atoms. The van der Waals surface area contributed by atoms with Gasteiger partial charge in [-0.25, -0.2) is 17.5 Å². The van der Waals surface area contributed by atoms with E-state index in [0.717, 1.165) is 6.07 Å². The molecule has 0 saturated heterocycles. The maximum Gasteiger partial charge on any atom is 0.243 e. The van der Waals surface area contributed by atoms with E-state index in [2.05, 4.69) is 27.2 Å². The number of rotatable bonds is 4. The second-order valence-corrected chi connectivity index (χ2v) is 6.62. The van der Waals surface area contributed by atoms with Crippen molar-refractivity contribution in [2.24, 2.45) is 0 Å². The fraction of sp³-hybridized carbons (Fsp3) is 0.200. The Bertz CT molecular complexity index is 604. The van der Waals surface area contributed by atoms with Gasteiger partial charge in [0.15, 0.2) is 5.82 Å². The molecule has 0 atom stereocenters. The van der Waals surface area contributed by atoms with Gasteiger partial charge < -0.3 is 5.73 Å². The summed E-state index contributed by atoms with van der Waals surface area (Å²) in [4.78, 5) is -0.588. The Hall–Kier alpha value is -0.630. The van der Waals surface area contributed by atoms with Crippen LogP contribution < -0.4 is 10.5 Å². The standard InChI is InChI=1S/C10H11BrClFN2O2S/c1-5(2)4-15-18(16,17)7-3-6(12)8(11)10(14)9(7)13/h3,15H,1,4,14H2,2H3. The maximum absolute atomic E-state index is 13.8. The molecular formula is C10H11BrClFN2O2S. The van der Waals surface area contributed by atoms with E-state index in [1.165, 1.54) is 0 Å². The van der Waals surface area contributed by atoms with Crippen LogP contribution in [0.4, 0.5) is 10.1 Å². The summed E-state index contributed by atoms with van der Waals surface area (Å²) < 4.78 is 39.8. The van der Waals surface area contributed by atoms with E-state index >= 15 is 0 Å². The van der Waals surface area contributed by atoms with Crippen molar-refractivity contribution in [1.29, 1.82) is 0 Å². The van der Waals surface area contributed by atoms with Crippen LogP contribution in [0, 0.1) is 5.82 Å². The Kier molecular flexibility index (Phi) is 4.77. The zero-order chi connectivity index (χ0) is 14.1. The highest BCUT2D eigenvalue weighted by molar-refractivity contribution is 9.10. The summed E-state index contributed by atoms with van der Waals surface area (Å²) in [5, 5.41) is 0.0181. The van der Waals surface area contributed by atoms with Crippen molar-refractivity contribution in [3.05, 3.63) is 33.5 Å². The number of nitrogens with two attached hydrogens (primary N) is 1. The van der Waals surface area contributed by atoms with Gasteiger partial charge in [0.25, 0.3) is 0 Å². The van der Waals surface area contributed by atoms with Gasteiger partial charge in [0.05, 0.1) is 15.2 Å². The molecule has 4 nitrogen and oxygen atoms in total. The Morgan fingerprint density at radius 3 is 2.72 bits per heavy atom. The predicted molar refractivity (Wildman–Crippen MR) is 73.5 cm³/mol. The lowest BCUT2D eigenvalue weighted by Gasteiger charge is -2.11. The Morgan fingerprint density at radius 1 is 1.67 bits per heavy atom. The molecule has 0 amide bonds. The van der Waals surface area contributed by atoms with Gasteiger partial charge in [-0.3, -0.25) is 0 Å². The number of benzene rings is 1. The average molecular weight is 358 g/mol. The van der Waals surface area contributed by atoms with Crippen LogP contribution in [0.15, 0.2) is 27.6 Å². The molecule has 100 valence electrons. The molecule has 0 heterocycles. The SMILES string of the molecule is C=C(C)CNS(=O)(=O)c1cc(Cl)c(Br)c(N)c1F. The summed E-state index contributed by atoms with van der Waals surface area (Å²) >= 11 is 8.72. The van der Waals surface area contributed by atoms with Crippen molar-refractivity contribution in [2.45, 2.75) is 11.8 Å². The third-order valence-corrected chi connectivity index (χ3v) is 4.79. The van der Waals surface area contributed by atoms with Crippen LogP contribution in [0.3, 0.4) is 0 Å². The smallest absolute Gasteiger partial charge is 0.243 e. The van der Waals surface area contributed by atoms with Crippen molar-refractivity contribution in [3.8, 4) is 0 Å². The molecular weight excluding hydrogens is 347 g/mol. The predicted octanol–water partition coefficient (Wildman–Crippen LogP) is 2.68. The lowest BCUT2D eigenvalue weighted by atomic mass is 10.3. The summed E-state index contributed by atoms with van der Waals surface area (Å²) in [6, 6.07) is 0.998. The van der Waals surface area contributed by atoms with E-state index in [-0.39, 0.29) is 21.7 Å². The Labute approximate surface area is 118 Å². The van der Waals surface area contributed by atoms with Crippen molar-refractivity contribution < 1.29 is 12.8 Å². The number of hydrogen-bond donors (Lipinski definition) is 2. The summed E-state index contributed by atoms with van der Waals surface area (Å²) in [6.07, 6.45) is 0. The summed E-state index contributed by atoms with van der Waals surface area (Å²) in [6.45, 7) is 5.19. The van der Waals surface area contributed by atoms with Crippen LogP contribution in [-0.2, 0) is 10.0 Å². The molecule has 1 aromatic carbocycles. The third-order valence-electron chi connectivity index (χ3n) is 2.01. The number of nitrogen functional groups attached to an aromatic ring is 1. The molecule has 0 spiro atoms. The van der Waals surface area contributed by atoms with Crippen LogP contribution in [0.25, 0.3) is 0 Å². The van der Waals surface area contributed by atoms with Crippen molar-refractivity contribution >= 4 is 43.2 Å². The highest BCUT2D eigenvalue weighted by Crippen LogP contribution is 2.34. The van der Waals surface area contributed by atoms with Crippen LogP contribution >= 0.6 is 27.5 Å². The molecule has 0 aromatic heterocycles. The minimum atomic E-state index is -4.02. The molecule has 1 rings (SSSR count). The molecule has 8 heteroatoms. The Morgan fingerprint density at radius 2 is 2.22 bits per heavy atom. The first-order valence-electron chi connectivity index (χ1n) is 4.74. The number of nitrogens with one attached hydrogen (secondary N) is 1. The largest absolute Gasteiger partial charge is 0.395 e. The molecule has 18 heavy (non-hydrogen) atoms. The maximum atomic E-state index is 13.8. The van der Waals surface area contributed by atoms with E-state index in [9.17, 15) is 12.8 Å². The third kappa shape index (κ3) is 3.23. The van der Waals surface area contributed by atoms with Gasteiger partial charge in [0.1, 0.15) is 4.90 Å². The van der Waals surface area contributed by atoms with E-state index in [1.54, 1.807) is 6.92 Å². The molecule has 0 saturated carbocycles. The normalized spacial score (nSPS) is 11.6. The number of anilines is 1. The highest BCUT2D eigenvalue weighted by atomic mass is 79.9. The number of sulfonamides is 1. The van der Waals surface area contributed by atoms with Gasteiger partial charge in [0, 0.05) is 6.54 Å². The average Bonchev–Trinajstić information content (AvgIpc) is 2.28. The number of hydrogen-bond acceptors (Lipinski definition) is 3. The Balaban J connectivity index is 3.29. The second kappa shape index (κ2) is 5.56. The van der Waals surface area contributed by atoms with Crippen LogP contribution in [0.2, 0.25) is 5.02 Å². The lowest BCUT2D eigenvalue weighted by molar-refractivity contribution is 0.561. The van der Waals surface area contributed by atoms with E-state index < -0.39 is 20.7 Å². The first-order valence-corrected chi connectivity index (χ1v) is 7.39. The summed E-state index contributed by atoms with van der Waals surface area (Å²) in [5.41, 5.74) is 5.66. The van der Waals surface area contributed by atoms with E-state index in [1.807, 2.05) is 0 Å². The first kappa shape index (κ1) is 15.4. The first-order chi connectivity index (χ1) is 8.16. The molecule has 0 aliphatic rings. The van der Waals surface area contributed by atoms with Crippen LogP contribution in [0.1, 0.15) is 6.92 Å². The molecule has 0 fully saturated rings. The van der Waals surface area contributed by atoms with Gasteiger partial charge >= 0.3 is 0 Å². The van der Waals surface area contributed by atoms with Gasteiger partial charge in [-0.1, -0.05) is 23.8 Å². The zero-order valence-electron chi connectivity index (χ0n) is 9.43. The zero-order valence-corrected chi connectivity index (χ0v) is 12.6. The van der Waals surface area contributed by atoms with Crippen molar-refractivity contribution in [2.75, 3.05) is 12.3 Å². The van der Waals surface area contributed by atoms with Crippen molar-refractivity contribution in [3.63, 3.8) is 0 Å².